The van der Waals surface area contributed by atoms with E-state index in [0.29, 0.717) is 18.1 Å². The molecule has 0 aliphatic carbocycles. The highest BCUT2D eigenvalue weighted by molar-refractivity contribution is 5.17. The summed E-state index contributed by atoms with van der Waals surface area (Å²) >= 11 is 0. The molecule has 0 spiro atoms. The van der Waals surface area contributed by atoms with Gasteiger partial charge in [-0.3, -0.25) is 0 Å². The molecule has 0 bridgehead atoms. The monoisotopic (exact) mass is 237 g/mol. The summed E-state index contributed by atoms with van der Waals surface area (Å²) in [6.45, 7) is 2.91. The Labute approximate surface area is 102 Å². The van der Waals surface area contributed by atoms with Crippen molar-refractivity contribution in [3.63, 3.8) is 0 Å². The summed E-state index contributed by atoms with van der Waals surface area (Å²) in [6.07, 6.45) is 2.29. The maximum Gasteiger partial charge on any atom is 0.123 e. The molecule has 0 aromatic heterocycles. The van der Waals surface area contributed by atoms with Crippen LogP contribution in [0.4, 0.5) is 4.39 Å². The van der Waals surface area contributed by atoms with Gasteiger partial charge in [-0.15, -0.1) is 0 Å². The molecule has 17 heavy (non-hydrogen) atoms. The summed E-state index contributed by atoms with van der Waals surface area (Å²) in [4.78, 5) is 0. The molecule has 94 valence electrons. The van der Waals surface area contributed by atoms with Gasteiger partial charge in [0.25, 0.3) is 0 Å². The van der Waals surface area contributed by atoms with Gasteiger partial charge >= 0.3 is 0 Å². The average molecular weight is 237 g/mol. The second-order valence-corrected chi connectivity index (χ2v) is 4.87. The third-order valence-corrected chi connectivity index (χ3v) is 3.51. The lowest BCUT2D eigenvalue weighted by Crippen LogP contribution is -2.36. The number of rotatable bonds is 4. The molecule has 3 heteroatoms. The van der Waals surface area contributed by atoms with Gasteiger partial charge in [-0.25, -0.2) is 4.39 Å². The molecule has 1 heterocycles. The minimum absolute atomic E-state index is 0.159. The summed E-state index contributed by atoms with van der Waals surface area (Å²) < 4.78 is 18.7. The van der Waals surface area contributed by atoms with Crippen LogP contribution >= 0.6 is 0 Å². The zero-order valence-corrected chi connectivity index (χ0v) is 10.4. The van der Waals surface area contributed by atoms with Crippen molar-refractivity contribution in [1.82, 2.24) is 5.32 Å². The second kappa shape index (κ2) is 5.61. The molecule has 1 aliphatic rings. The van der Waals surface area contributed by atoms with Crippen LogP contribution in [0.15, 0.2) is 24.3 Å². The third-order valence-electron chi connectivity index (χ3n) is 3.51. The van der Waals surface area contributed by atoms with E-state index in [1.54, 1.807) is 12.1 Å². The van der Waals surface area contributed by atoms with E-state index in [4.69, 9.17) is 4.74 Å². The molecule has 1 saturated heterocycles. The van der Waals surface area contributed by atoms with Gasteiger partial charge in [0, 0.05) is 12.0 Å². The minimum Gasteiger partial charge on any atom is -0.378 e. The van der Waals surface area contributed by atoms with Crippen LogP contribution in [0.25, 0.3) is 0 Å². The molecular formula is C14H20FNO. The molecule has 0 radical (unpaired) electrons. The second-order valence-electron chi connectivity index (χ2n) is 4.87. The predicted octanol–water partition coefficient (Wildman–Crippen LogP) is 2.38. The number of likely N-dealkylation sites (N-methyl/N-ethyl adjacent to an activating group) is 1. The van der Waals surface area contributed by atoms with E-state index in [1.165, 1.54) is 6.07 Å². The Morgan fingerprint density at radius 2 is 2.35 bits per heavy atom. The van der Waals surface area contributed by atoms with Crippen LogP contribution in [0.2, 0.25) is 0 Å². The molecule has 3 atom stereocenters. The number of halogens is 1. The van der Waals surface area contributed by atoms with Crippen LogP contribution in [0.3, 0.4) is 0 Å². The number of hydrogen-bond acceptors (Lipinski definition) is 2. The van der Waals surface area contributed by atoms with Crippen molar-refractivity contribution >= 4 is 0 Å². The van der Waals surface area contributed by atoms with Crippen LogP contribution in [0.5, 0.6) is 0 Å². The Morgan fingerprint density at radius 1 is 1.53 bits per heavy atom. The van der Waals surface area contributed by atoms with Crippen molar-refractivity contribution < 1.29 is 9.13 Å². The van der Waals surface area contributed by atoms with Crippen molar-refractivity contribution in [3.05, 3.63) is 35.6 Å². The van der Waals surface area contributed by atoms with Gasteiger partial charge < -0.3 is 10.1 Å². The smallest absolute Gasteiger partial charge is 0.123 e. The first-order valence-corrected chi connectivity index (χ1v) is 6.22. The van der Waals surface area contributed by atoms with Gasteiger partial charge in [-0.1, -0.05) is 12.1 Å². The fourth-order valence-electron chi connectivity index (χ4n) is 2.55. The fourth-order valence-corrected chi connectivity index (χ4v) is 2.55. The molecule has 1 N–H and O–H groups in total. The SMILES string of the molecule is CNC(Cc1cccc(F)c1)C1COC(C)C1. The molecule has 0 amide bonds. The van der Waals surface area contributed by atoms with Crippen molar-refractivity contribution in [2.24, 2.45) is 5.92 Å². The highest BCUT2D eigenvalue weighted by atomic mass is 19.1. The number of hydrogen-bond donors (Lipinski definition) is 1. The predicted molar refractivity (Wildman–Crippen MR) is 66.5 cm³/mol. The lowest BCUT2D eigenvalue weighted by atomic mass is 9.91. The summed E-state index contributed by atoms with van der Waals surface area (Å²) in [7, 11) is 1.97. The summed E-state index contributed by atoms with van der Waals surface area (Å²) in [5.41, 5.74) is 1.05. The highest BCUT2D eigenvalue weighted by Gasteiger charge is 2.28. The topological polar surface area (TPSA) is 21.3 Å². The molecule has 1 aromatic carbocycles. The Morgan fingerprint density at radius 3 is 2.94 bits per heavy atom. The van der Waals surface area contributed by atoms with Crippen molar-refractivity contribution in [2.75, 3.05) is 13.7 Å². The summed E-state index contributed by atoms with van der Waals surface area (Å²) in [5, 5.41) is 3.33. The standard InChI is InChI=1S/C14H20FNO/c1-10-6-12(9-17-10)14(16-2)8-11-4-3-5-13(15)7-11/h3-5,7,10,12,14,16H,6,8-9H2,1-2H3. The van der Waals surface area contributed by atoms with Crippen LogP contribution < -0.4 is 5.32 Å². The lowest BCUT2D eigenvalue weighted by molar-refractivity contribution is 0.117. The van der Waals surface area contributed by atoms with Crippen LogP contribution in [-0.4, -0.2) is 25.8 Å². The van der Waals surface area contributed by atoms with Crippen molar-refractivity contribution in [3.8, 4) is 0 Å². The number of benzene rings is 1. The maximum absolute atomic E-state index is 13.1. The normalized spacial score (nSPS) is 26.1. The quantitative estimate of drug-likeness (QED) is 0.868. The van der Waals surface area contributed by atoms with E-state index in [2.05, 4.69) is 12.2 Å². The van der Waals surface area contributed by atoms with Crippen LogP contribution in [0, 0.1) is 11.7 Å². The Kier molecular flexibility index (Phi) is 4.13. The number of ether oxygens (including phenoxy) is 1. The molecule has 1 aliphatic heterocycles. The Balaban J connectivity index is 2.00. The maximum atomic E-state index is 13.1. The largest absolute Gasteiger partial charge is 0.378 e. The average Bonchev–Trinajstić information content (AvgIpc) is 2.73. The molecule has 0 saturated carbocycles. The molecule has 1 fully saturated rings. The summed E-state index contributed by atoms with van der Waals surface area (Å²) in [6, 6.07) is 7.21. The van der Waals surface area contributed by atoms with E-state index in [1.807, 2.05) is 13.1 Å². The first kappa shape index (κ1) is 12.5. The van der Waals surface area contributed by atoms with Gasteiger partial charge in [0.2, 0.25) is 0 Å². The first-order chi connectivity index (χ1) is 8.19. The van der Waals surface area contributed by atoms with Crippen molar-refractivity contribution in [2.45, 2.75) is 31.9 Å². The van der Waals surface area contributed by atoms with E-state index in [0.717, 1.165) is 25.0 Å². The number of nitrogens with one attached hydrogen (secondary N) is 1. The molecule has 2 rings (SSSR count). The van der Waals surface area contributed by atoms with Gasteiger partial charge in [-0.2, -0.15) is 0 Å². The molecular weight excluding hydrogens is 217 g/mol. The Bertz CT molecular complexity index is 369. The zero-order valence-electron chi connectivity index (χ0n) is 10.4. The van der Waals surface area contributed by atoms with E-state index < -0.39 is 0 Å². The van der Waals surface area contributed by atoms with Crippen LogP contribution in [0.1, 0.15) is 18.9 Å². The van der Waals surface area contributed by atoms with Gasteiger partial charge in [0.1, 0.15) is 5.82 Å². The van der Waals surface area contributed by atoms with Gasteiger partial charge in [0.05, 0.1) is 12.7 Å². The molecule has 2 nitrogen and oxygen atoms in total. The first-order valence-electron chi connectivity index (χ1n) is 6.22. The fraction of sp³-hybridized carbons (Fsp3) is 0.571. The van der Waals surface area contributed by atoms with Gasteiger partial charge in [-0.05, 0) is 44.5 Å². The summed E-state index contributed by atoms with van der Waals surface area (Å²) in [5.74, 6) is 0.367. The molecule has 3 unspecified atom stereocenters. The zero-order chi connectivity index (χ0) is 12.3. The van der Waals surface area contributed by atoms with Crippen molar-refractivity contribution in [1.29, 1.82) is 0 Å². The minimum atomic E-state index is -0.159. The van der Waals surface area contributed by atoms with Gasteiger partial charge in [0.15, 0.2) is 0 Å². The highest BCUT2D eigenvalue weighted by Crippen LogP contribution is 2.24. The Hall–Kier alpha value is -0.930. The van der Waals surface area contributed by atoms with E-state index in [9.17, 15) is 4.39 Å². The van der Waals surface area contributed by atoms with E-state index >= 15 is 0 Å². The molecule has 1 aromatic rings. The van der Waals surface area contributed by atoms with Crippen LogP contribution in [-0.2, 0) is 11.2 Å². The van der Waals surface area contributed by atoms with E-state index in [-0.39, 0.29) is 5.82 Å². The third kappa shape index (κ3) is 3.27. The lowest BCUT2D eigenvalue weighted by Gasteiger charge is -2.22.